The number of carbonyl (C=O) groups excluding carboxylic acids is 2. The average molecular weight is 400 g/mol. The number of likely N-dealkylation sites (tertiary alicyclic amines) is 2. The van der Waals surface area contributed by atoms with Gasteiger partial charge in [-0.2, -0.15) is 0 Å². The van der Waals surface area contributed by atoms with E-state index in [2.05, 4.69) is 16.8 Å². The van der Waals surface area contributed by atoms with Crippen molar-refractivity contribution >= 4 is 11.8 Å². The molecule has 0 N–H and O–H groups in total. The van der Waals surface area contributed by atoms with Gasteiger partial charge < -0.3 is 9.80 Å². The van der Waals surface area contributed by atoms with Crippen molar-refractivity contribution in [2.75, 3.05) is 32.7 Å². The molecule has 3 aliphatic heterocycles. The number of aromatic nitrogens is 2. The molecular formula is C22H33N5O2. The minimum Gasteiger partial charge on any atom is -0.343 e. The zero-order valence-corrected chi connectivity index (χ0v) is 17.8. The summed E-state index contributed by atoms with van der Waals surface area (Å²) in [5, 5.41) is 0. The number of hydrogen-bond donors (Lipinski definition) is 0. The molecule has 2 fully saturated rings. The van der Waals surface area contributed by atoms with Crippen LogP contribution in [0.15, 0.2) is 6.20 Å². The third-order valence-electron chi connectivity index (χ3n) is 6.89. The van der Waals surface area contributed by atoms with Crippen molar-refractivity contribution in [3.05, 3.63) is 23.3 Å². The van der Waals surface area contributed by atoms with Gasteiger partial charge in [0.25, 0.3) is 0 Å². The maximum atomic E-state index is 12.8. The van der Waals surface area contributed by atoms with Crippen molar-refractivity contribution in [1.82, 2.24) is 24.7 Å². The van der Waals surface area contributed by atoms with E-state index < -0.39 is 0 Å². The molecule has 3 aliphatic rings. The maximum absolute atomic E-state index is 12.8. The lowest BCUT2D eigenvalue weighted by Gasteiger charge is -2.36. The Morgan fingerprint density at radius 1 is 1.07 bits per heavy atom. The molecule has 0 saturated carbocycles. The quantitative estimate of drug-likeness (QED) is 0.777. The van der Waals surface area contributed by atoms with E-state index in [1.165, 1.54) is 19.3 Å². The molecule has 0 spiro atoms. The number of fused-ring (bicyclic) bond motifs is 1. The fourth-order valence-corrected chi connectivity index (χ4v) is 4.86. The van der Waals surface area contributed by atoms with Crippen molar-refractivity contribution in [3.8, 4) is 0 Å². The molecule has 158 valence electrons. The molecular weight excluding hydrogens is 366 g/mol. The molecule has 7 nitrogen and oxygen atoms in total. The zero-order valence-electron chi connectivity index (χ0n) is 17.8. The van der Waals surface area contributed by atoms with Crippen molar-refractivity contribution in [3.63, 3.8) is 0 Å². The predicted octanol–water partition coefficient (Wildman–Crippen LogP) is 1.96. The lowest BCUT2D eigenvalue weighted by molar-refractivity contribution is -0.134. The van der Waals surface area contributed by atoms with Gasteiger partial charge in [-0.1, -0.05) is 6.42 Å². The molecule has 1 aromatic rings. The number of hydrogen-bond acceptors (Lipinski definition) is 5. The standard InChI is InChI=1S/C22H33N5O2/c1-16-5-3-4-9-26(16)15-21(29)27-12-8-20-19(14-27)13-23-22(24-20)18-6-10-25(11-7-18)17(2)28/h13,16,18H,3-12,14-15H2,1-2H3/t16-/m1/s1. The highest BCUT2D eigenvalue weighted by molar-refractivity contribution is 5.78. The topological polar surface area (TPSA) is 69.6 Å². The first kappa shape index (κ1) is 20.3. The minimum atomic E-state index is 0.151. The third kappa shape index (κ3) is 4.60. The summed E-state index contributed by atoms with van der Waals surface area (Å²) in [4.78, 5) is 40.1. The van der Waals surface area contributed by atoms with E-state index in [0.29, 0.717) is 25.0 Å². The van der Waals surface area contributed by atoms with Crippen LogP contribution < -0.4 is 0 Å². The van der Waals surface area contributed by atoms with Crippen LogP contribution in [0.1, 0.15) is 69.0 Å². The molecule has 0 unspecified atom stereocenters. The van der Waals surface area contributed by atoms with Gasteiger partial charge >= 0.3 is 0 Å². The molecule has 7 heteroatoms. The van der Waals surface area contributed by atoms with E-state index >= 15 is 0 Å². The maximum Gasteiger partial charge on any atom is 0.237 e. The van der Waals surface area contributed by atoms with Crippen LogP contribution in [-0.4, -0.2) is 75.2 Å². The van der Waals surface area contributed by atoms with Gasteiger partial charge in [-0.05, 0) is 39.2 Å². The van der Waals surface area contributed by atoms with Crippen LogP contribution in [0.3, 0.4) is 0 Å². The molecule has 29 heavy (non-hydrogen) atoms. The van der Waals surface area contributed by atoms with Gasteiger partial charge in [0, 0.05) is 63.2 Å². The Bertz CT molecular complexity index is 760. The normalized spacial score (nSPS) is 23.7. The molecule has 1 atom stereocenters. The first-order valence-electron chi connectivity index (χ1n) is 11.1. The molecule has 2 amide bonds. The highest BCUT2D eigenvalue weighted by Crippen LogP contribution is 2.27. The predicted molar refractivity (Wildman–Crippen MR) is 110 cm³/mol. The summed E-state index contributed by atoms with van der Waals surface area (Å²) in [6.45, 7) is 8.38. The summed E-state index contributed by atoms with van der Waals surface area (Å²) in [7, 11) is 0. The molecule has 0 radical (unpaired) electrons. The van der Waals surface area contributed by atoms with Crippen LogP contribution in [-0.2, 0) is 22.6 Å². The molecule has 4 rings (SSSR count). The summed E-state index contributed by atoms with van der Waals surface area (Å²) in [5.74, 6) is 1.62. The Hall–Kier alpha value is -2.02. The van der Waals surface area contributed by atoms with Gasteiger partial charge in [-0.25, -0.2) is 9.97 Å². The van der Waals surface area contributed by atoms with E-state index in [1.54, 1.807) is 6.92 Å². The molecule has 0 aliphatic carbocycles. The van der Waals surface area contributed by atoms with Crippen LogP contribution in [0.2, 0.25) is 0 Å². The lowest BCUT2D eigenvalue weighted by atomic mass is 9.95. The second kappa shape index (κ2) is 8.78. The Morgan fingerprint density at radius 2 is 1.86 bits per heavy atom. The number of rotatable bonds is 3. The van der Waals surface area contributed by atoms with Crippen LogP contribution in [0, 0.1) is 0 Å². The second-order valence-electron chi connectivity index (χ2n) is 8.86. The van der Waals surface area contributed by atoms with E-state index in [4.69, 9.17) is 4.98 Å². The van der Waals surface area contributed by atoms with E-state index in [9.17, 15) is 9.59 Å². The highest BCUT2D eigenvalue weighted by atomic mass is 16.2. The fraction of sp³-hybridized carbons (Fsp3) is 0.727. The Balaban J connectivity index is 1.35. The zero-order chi connectivity index (χ0) is 20.4. The van der Waals surface area contributed by atoms with Crippen molar-refractivity contribution in [2.45, 2.75) is 70.9 Å². The highest BCUT2D eigenvalue weighted by Gasteiger charge is 2.28. The number of carbonyl (C=O) groups is 2. The second-order valence-corrected chi connectivity index (χ2v) is 8.86. The van der Waals surface area contributed by atoms with Crippen molar-refractivity contribution in [2.24, 2.45) is 0 Å². The van der Waals surface area contributed by atoms with E-state index in [1.807, 2.05) is 16.0 Å². The van der Waals surface area contributed by atoms with Crippen molar-refractivity contribution in [1.29, 1.82) is 0 Å². The van der Waals surface area contributed by atoms with Crippen LogP contribution in [0.4, 0.5) is 0 Å². The smallest absolute Gasteiger partial charge is 0.237 e. The molecule has 1 aromatic heterocycles. The Kier molecular flexibility index (Phi) is 6.13. The Labute approximate surface area is 173 Å². The summed E-state index contributed by atoms with van der Waals surface area (Å²) >= 11 is 0. The van der Waals surface area contributed by atoms with Gasteiger partial charge in [-0.15, -0.1) is 0 Å². The molecule has 0 aromatic carbocycles. The first-order chi connectivity index (χ1) is 14.0. The third-order valence-corrected chi connectivity index (χ3v) is 6.89. The van der Waals surface area contributed by atoms with Gasteiger partial charge in [0.15, 0.2) is 0 Å². The summed E-state index contributed by atoms with van der Waals surface area (Å²) < 4.78 is 0. The van der Waals surface area contributed by atoms with Crippen LogP contribution >= 0.6 is 0 Å². The van der Waals surface area contributed by atoms with Gasteiger partial charge in [-0.3, -0.25) is 14.5 Å². The van der Waals surface area contributed by atoms with E-state index in [-0.39, 0.29) is 11.8 Å². The minimum absolute atomic E-state index is 0.151. The number of piperidine rings is 2. The van der Waals surface area contributed by atoms with Gasteiger partial charge in [0.2, 0.25) is 11.8 Å². The van der Waals surface area contributed by atoms with Gasteiger partial charge in [0.05, 0.1) is 12.2 Å². The summed E-state index contributed by atoms with van der Waals surface area (Å²) in [6.07, 6.45) is 8.25. The van der Waals surface area contributed by atoms with Crippen LogP contribution in [0.5, 0.6) is 0 Å². The molecule has 2 saturated heterocycles. The average Bonchev–Trinajstić information content (AvgIpc) is 2.74. The van der Waals surface area contributed by atoms with Gasteiger partial charge in [0.1, 0.15) is 5.82 Å². The molecule has 4 heterocycles. The largest absolute Gasteiger partial charge is 0.343 e. The molecule has 0 bridgehead atoms. The first-order valence-corrected chi connectivity index (χ1v) is 11.1. The van der Waals surface area contributed by atoms with E-state index in [0.717, 1.165) is 62.5 Å². The van der Waals surface area contributed by atoms with Crippen LogP contribution in [0.25, 0.3) is 0 Å². The van der Waals surface area contributed by atoms with Crippen molar-refractivity contribution < 1.29 is 9.59 Å². The SMILES string of the molecule is CC(=O)N1CCC(c2ncc3c(n2)CCN(C(=O)CN2CCCC[C@H]2C)C3)CC1. The summed E-state index contributed by atoms with van der Waals surface area (Å²) in [5.41, 5.74) is 2.18. The fourth-order valence-electron chi connectivity index (χ4n) is 4.86. The lowest BCUT2D eigenvalue weighted by Crippen LogP contribution is -2.47. The monoisotopic (exact) mass is 399 g/mol. The Morgan fingerprint density at radius 3 is 2.59 bits per heavy atom. The number of nitrogens with zero attached hydrogens (tertiary/aromatic N) is 5. The summed E-state index contributed by atoms with van der Waals surface area (Å²) in [6, 6.07) is 0.505. The number of amides is 2.